The number of nitriles is 1. The first-order valence-corrected chi connectivity index (χ1v) is 7.55. The number of rotatable bonds is 6. The van der Waals surface area contributed by atoms with Crippen LogP contribution in [0.4, 0.5) is 11.4 Å². The van der Waals surface area contributed by atoms with E-state index in [1.54, 1.807) is 31.4 Å². The topological polar surface area (TPSA) is 83.4 Å². The molecule has 0 aliphatic rings. The van der Waals surface area contributed by atoms with Crippen LogP contribution in [-0.4, -0.2) is 20.1 Å². The number of ether oxygens (including phenoxy) is 2. The highest BCUT2D eigenvalue weighted by Gasteiger charge is 2.11. The molecule has 0 aromatic heterocycles. The van der Waals surface area contributed by atoms with Gasteiger partial charge in [-0.05, 0) is 30.7 Å². The summed E-state index contributed by atoms with van der Waals surface area (Å²) in [5, 5.41) is 14.9. The summed E-state index contributed by atoms with van der Waals surface area (Å²) in [6, 6.07) is 14.4. The number of amides is 1. The second kappa shape index (κ2) is 8.41. The van der Waals surface area contributed by atoms with Crippen LogP contribution >= 0.6 is 0 Å². The molecule has 6 heteroatoms. The summed E-state index contributed by atoms with van der Waals surface area (Å²) in [7, 11) is 3.09. The van der Waals surface area contributed by atoms with E-state index in [2.05, 4.69) is 10.6 Å². The van der Waals surface area contributed by atoms with Gasteiger partial charge in [-0.1, -0.05) is 18.2 Å². The van der Waals surface area contributed by atoms with E-state index in [0.717, 1.165) is 5.56 Å². The predicted octanol–water partition coefficient (Wildman–Crippen LogP) is 3.47. The third-order valence-electron chi connectivity index (χ3n) is 3.54. The standard InChI is InChI=1S/C19H19N3O3/c1-13-6-4-5-7-16(13)22-19(23)14(11-20)12-21-17-9-8-15(24-2)10-18(17)25-3/h4-10,12,21H,1-3H3,(H,22,23)/b14-12-. The highest BCUT2D eigenvalue weighted by molar-refractivity contribution is 6.07. The molecule has 0 saturated carbocycles. The minimum absolute atomic E-state index is 0.0545. The van der Waals surface area contributed by atoms with Crippen LogP contribution in [0.3, 0.4) is 0 Å². The van der Waals surface area contributed by atoms with Crippen LogP contribution in [0, 0.1) is 18.3 Å². The fraction of sp³-hybridized carbons (Fsp3) is 0.158. The molecule has 2 aromatic carbocycles. The number of para-hydroxylation sites is 1. The van der Waals surface area contributed by atoms with E-state index in [1.807, 2.05) is 31.2 Å². The lowest BCUT2D eigenvalue weighted by Gasteiger charge is -2.11. The molecule has 1 amide bonds. The maximum Gasteiger partial charge on any atom is 0.267 e. The van der Waals surface area contributed by atoms with Crippen molar-refractivity contribution in [1.29, 1.82) is 5.26 Å². The van der Waals surface area contributed by atoms with Crippen LogP contribution in [0.2, 0.25) is 0 Å². The Hall–Kier alpha value is -3.46. The van der Waals surface area contributed by atoms with E-state index in [4.69, 9.17) is 9.47 Å². The zero-order valence-corrected chi connectivity index (χ0v) is 14.3. The van der Waals surface area contributed by atoms with Crippen LogP contribution in [0.15, 0.2) is 54.2 Å². The van der Waals surface area contributed by atoms with Crippen molar-refractivity contribution in [2.75, 3.05) is 24.9 Å². The number of carbonyl (C=O) groups is 1. The third kappa shape index (κ3) is 4.52. The second-order valence-electron chi connectivity index (χ2n) is 5.15. The van der Waals surface area contributed by atoms with E-state index in [9.17, 15) is 10.1 Å². The summed E-state index contributed by atoms with van der Waals surface area (Å²) in [5.41, 5.74) is 2.13. The first kappa shape index (κ1) is 17.9. The highest BCUT2D eigenvalue weighted by atomic mass is 16.5. The number of aryl methyl sites for hydroxylation is 1. The van der Waals surface area contributed by atoms with Gasteiger partial charge in [0.1, 0.15) is 23.1 Å². The van der Waals surface area contributed by atoms with Gasteiger partial charge in [0.15, 0.2) is 0 Å². The molecule has 6 nitrogen and oxygen atoms in total. The van der Waals surface area contributed by atoms with E-state index in [-0.39, 0.29) is 5.57 Å². The van der Waals surface area contributed by atoms with Crippen molar-refractivity contribution >= 4 is 17.3 Å². The fourth-order valence-electron chi connectivity index (χ4n) is 2.12. The molecular weight excluding hydrogens is 318 g/mol. The SMILES string of the molecule is COc1ccc(N/C=C(/C#N)C(=O)Nc2ccccc2C)c(OC)c1. The Bertz CT molecular complexity index is 838. The highest BCUT2D eigenvalue weighted by Crippen LogP contribution is 2.29. The van der Waals surface area contributed by atoms with E-state index < -0.39 is 5.91 Å². The minimum Gasteiger partial charge on any atom is -0.497 e. The molecule has 2 N–H and O–H groups in total. The number of hydrogen-bond donors (Lipinski definition) is 2. The van der Waals surface area contributed by atoms with Gasteiger partial charge in [0, 0.05) is 18.0 Å². The predicted molar refractivity (Wildman–Crippen MR) is 96.7 cm³/mol. The first-order valence-electron chi connectivity index (χ1n) is 7.55. The molecule has 128 valence electrons. The molecule has 2 aromatic rings. The molecule has 0 saturated heterocycles. The molecule has 25 heavy (non-hydrogen) atoms. The molecule has 2 rings (SSSR count). The maximum absolute atomic E-state index is 12.3. The van der Waals surface area contributed by atoms with Crippen molar-refractivity contribution in [1.82, 2.24) is 0 Å². The number of carbonyl (C=O) groups excluding carboxylic acids is 1. The lowest BCUT2D eigenvalue weighted by atomic mass is 10.2. The molecule has 0 bridgehead atoms. The summed E-state index contributed by atoms with van der Waals surface area (Å²) in [5.74, 6) is 0.688. The zero-order valence-electron chi connectivity index (χ0n) is 14.3. The molecule has 0 atom stereocenters. The summed E-state index contributed by atoms with van der Waals surface area (Å²) < 4.78 is 10.4. The van der Waals surface area contributed by atoms with Crippen LogP contribution in [0.1, 0.15) is 5.56 Å². The van der Waals surface area contributed by atoms with Gasteiger partial charge < -0.3 is 20.1 Å². The Morgan fingerprint density at radius 3 is 2.52 bits per heavy atom. The molecule has 0 heterocycles. The lowest BCUT2D eigenvalue weighted by Crippen LogP contribution is -2.15. The molecule has 0 unspecified atom stereocenters. The van der Waals surface area contributed by atoms with E-state index >= 15 is 0 Å². The maximum atomic E-state index is 12.3. The van der Waals surface area contributed by atoms with Crippen molar-refractivity contribution in [3.05, 3.63) is 59.8 Å². The molecule has 0 fully saturated rings. The van der Waals surface area contributed by atoms with E-state index in [1.165, 1.54) is 13.3 Å². The van der Waals surface area contributed by atoms with E-state index in [0.29, 0.717) is 22.9 Å². The van der Waals surface area contributed by atoms with Gasteiger partial charge in [-0.25, -0.2) is 0 Å². The summed E-state index contributed by atoms with van der Waals surface area (Å²) in [6.45, 7) is 1.88. The van der Waals surface area contributed by atoms with Crippen molar-refractivity contribution in [2.24, 2.45) is 0 Å². The Kier molecular flexibility index (Phi) is 6.02. The van der Waals surface area contributed by atoms with Gasteiger partial charge in [-0.15, -0.1) is 0 Å². The second-order valence-corrected chi connectivity index (χ2v) is 5.15. The first-order chi connectivity index (χ1) is 12.1. The molecule has 0 aliphatic heterocycles. The molecule has 0 radical (unpaired) electrons. The van der Waals surface area contributed by atoms with Crippen LogP contribution in [0.25, 0.3) is 0 Å². The Labute approximate surface area is 146 Å². The average molecular weight is 337 g/mol. The Morgan fingerprint density at radius 1 is 1.12 bits per heavy atom. The van der Waals surface area contributed by atoms with Crippen LogP contribution in [0.5, 0.6) is 11.5 Å². The van der Waals surface area contributed by atoms with Gasteiger partial charge in [-0.2, -0.15) is 5.26 Å². The van der Waals surface area contributed by atoms with Crippen LogP contribution in [-0.2, 0) is 4.79 Å². The summed E-state index contributed by atoms with van der Waals surface area (Å²) in [4.78, 5) is 12.3. The number of hydrogen-bond acceptors (Lipinski definition) is 5. The lowest BCUT2D eigenvalue weighted by molar-refractivity contribution is -0.112. The molecular formula is C19H19N3O3. The average Bonchev–Trinajstić information content (AvgIpc) is 2.64. The summed E-state index contributed by atoms with van der Waals surface area (Å²) in [6.07, 6.45) is 1.35. The van der Waals surface area contributed by atoms with Gasteiger partial charge in [0.05, 0.1) is 19.9 Å². The number of methoxy groups -OCH3 is 2. The Balaban J connectivity index is 2.16. The largest absolute Gasteiger partial charge is 0.497 e. The number of anilines is 2. The van der Waals surface area contributed by atoms with Crippen molar-refractivity contribution < 1.29 is 14.3 Å². The van der Waals surface area contributed by atoms with Crippen molar-refractivity contribution in [3.8, 4) is 17.6 Å². The third-order valence-corrected chi connectivity index (χ3v) is 3.54. The monoisotopic (exact) mass is 337 g/mol. The van der Waals surface area contributed by atoms with Gasteiger partial charge in [0.25, 0.3) is 5.91 Å². The molecule has 0 spiro atoms. The number of benzene rings is 2. The van der Waals surface area contributed by atoms with Gasteiger partial charge in [0.2, 0.25) is 0 Å². The fourth-order valence-corrected chi connectivity index (χ4v) is 2.12. The normalized spacial score (nSPS) is 10.6. The van der Waals surface area contributed by atoms with Gasteiger partial charge in [-0.3, -0.25) is 4.79 Å². The quantitative estimate of drug-likeness (QED) is 0.623. The minimum atomic E-state index is -0.489. The number of nitrogens with zero attached hydrogens (tertiary/aromatic N) is 1. The number of nitrogens with one attached hydrogen (secondary N) is 2. The summed E-state index contributed by atoms with van der Waals surface area (Å²) >= 11 is 0. The van der Waals surface area contributed by atoms with Crippen LogP contribution < -0.4 is 20.1 Å². The smallest absolute Gasteiger partial charge is 0.267 e. The van der Waals surface area contributed by atoms with Crippen molar-refractivity contribution in [3.63, 3.8) is 0 Å². The van der Waals surface area contributed by atoms with Crippen molar-refractivity contribution in [2.45, 2.75) is 6.92 Å². The Morgan fingerprint density at radius 2 is 1.88 bits per heavy atom. The van der Waals surface area contributed by atoms with Gasteiger partial charge >= 0.3 is 0 Å². The molecule has 0 aliphatic carbocycles. The zero-order chi connectivity index (χ0) is 18.2.